The number of carbonyl (C=O) groups excluding carboxylic acids is 1. The first-order chi connectivity index (χ1) is 7.20. The first kappa shape index (κ1) is 9.85. The summed E-state index contributed by atoms with van der Waals surface area (Å²) in [6, 6.07) is 1.59. The maximum absolute atomic E-state index is 11.6. The zero-order chi connectivity index (χ0) is 10.8. The lowest BCUT2D eigenvalue weighted by molar-refractivity contribution is -0.117. The highest BCUT2D eigenvalue weighted by atomic mass is 16.2. The quantitative estimate of drug-likeness (QED) is 0.672. The molecule has 80 valence electrons. The number of nitrogens with zero attached hydrogens (tertiary/aromatic N) is 3. The molecule has 0 aliphatic carbocycles. The maximum atomic E-state index is 11.6. The predicted octanol–water partition coefficient (Wildman–Crippen LogP) is -0.630. The maximum Gasteiger partial charge on any atom is 0.234 e. The molecule has 1 atom stereocenters. The zero-order valence-electron chi connectivity index (χ0n) is 8.26. The molecule has 1 amide bonds. The van der Waals surface area contributed by atoms with Gasteiger partial charge in [-0.1, -0.05) is 0 Å². The summed E-state index contributed by atoms with van der Waals surface area (Å²) in [5, 5.41) is 0. The number of amides is 1. The predicted molar refractivity (Wildman–Crippen MR) is 56.0 cm³/mol. The van der Waals surface area contributed by atoms with E-state index in [0.29, 0.717) is 31.3 Å². The second kappa shape index (κ2) is 3.82. The van der Waals surface area contributed by atoms with Gasteiger partial charge in [0.2, 0.25) is 11.9 Å². The fraction of sp³-hybridized carbons (Fsp3) is 0.444. The van der Waals surface area contributed by atoms with Crippen LogP contribution in [0.15, 0.2) is 12.3 Å². The summed E-state index contributed by atoms with van der Waals surface area (Å²) in [6.45, 7) is 1.09. The van der Waals surface area contributed by atoms with E-state index in [0.717, 1.165) is 0 Å². The Labute approximate surface area is 87.3 Å². The molecule has 0 radical (unpaired) electrons. The molecular formula is C9H13N5O. The summed E-state index contributed by atoms with van der Waals surface area (Å²) in [4.78, 5) is 21.2. The minimum atomic E-state index is 0.0102. The second-order valence-electron chi connectivity index (χ2n) is 3.59. The third-order valence-corrected chi connectivity index (χ3v) is 2.44. The zero-order valence-corrected chi connectivity index (χ0v) is 8.26. The summed E-state index contributed by atoms with van der Waals surface area (Å²) in [5.74, 6) is 0.943. The van der Waals surface area contributed by atoms with Crippen molar-refractivity contribution in [1.29, 1.82) is 0 Å². The number of hydrogen-bond donors (Lipinski definition) is 2. The fourth-order valence-electron chi connectivity index (χ4n) is 1.62. The fourth-order valence-corrected chi connectivity index (χ4v) is 1.62. The molecular weight excluding hydrogens is 194 g/mol. The van der Waals surface area contributed by atoms with Crippen molar-refractivity contribution in [1.82, 2.24) is 9.97 Å². The van der Waals surface area contributed by atoms with E-state index in [4.69, 9.17) is 11.5 Å². The van der Waals surface area contributed by atoms with Crippen molar-refractivity contribution in [2.75, 3.05) is 23.7 Å². The molecule has 0 aromatic carbocycles. The third kappa shape index (κ3) is 1.89. The minimum absolute atomic E-state index is 0.0102. The number of rotatable bonds is 2. The Hall–Kier alpha value is -1.69. The number of aromatic nitrogens is 2. The highest BCUT2D eigenvalue weighted by molar-refractivity contribution is 5.94. The van der Waals surface area contributed by atoms with Crippen molar-refractivity contribution in [2.24, 2.45) is 11.7 Å². The van der Waals surface area contributed by atoms with Crippen molar-refractivity contribution in [2.45, 2.75) is 6.42 Å². The first-order valence-corrected chi connectivity index (χ1v) is 4.79. The molecule has 4 N–H and O–H groups in total. The number of anilines is 2. The molecule has 1 fully saturated rings. The summed E-state index contributed by atoms with van der Waals surface area (Å²) in [5.41, 5.74) is 11.0. The average Bonchev–Trinajstić information content (AvgIpc) is 2.60. The summed E-state index contributed by atoms with van der Waals surface area (Å²) in [7, 11) is 0. The van der Waals surface area contributed by atoms with Gasteiger partial charge in [-0.05, 0) is 18.5 Å². The van der Waals surface area contributed by atoms with Crippen molar-refractivity contribution >= 4 is 17.7 Å². The number of carbonyl (C=O) groups is 1. The molecule has 1 aliphatic rings. The average molecular weight is 207 g/mol. The van der Waals surface area contributed by atoms with Crippen LogP contribution < -0.4 is 16.4 Å². The second-order valence-corrected chi connectivity index (χ2v) is 3.59. The Bertz CT molecular complexity index is 381. The molecule has 1 aromatic rings. The highest BCUT2D eigenvalue weighted by Gasteiger charge is 2.31. The largest absolute Gasteiger partial charge is 0.384 e. The smallest absolute Gasteiger partial charge is 0.234 e. The lowest BCUT2D eigenvalue weighted by Crippen LogP contribution is -2.27. The lowest BCUT2D eigenvalue weighted by atomic mass is 10.1. The number of nitrogen functional groups attached to an aromatic ring is 1. The summed E-state index contributed by atoms with van der Waals surface area (Å²) < 4.78 is 0. The van der Waals surface area contributed by atoms with Gasteiger partial charge in [-0.15, -0.1) is 0 Å². The van der Waals surface area contributed by atoms with Gasteiger partial charge in [-0.2, -0.15) is 4.98 Å². The van der Waals surface area contributed by atoms with Crippen molar-refractivity contribution in [3.63, 3.8) is 0 Å². The van der Waals surface area contributed by atoms with Crippen LogP contribution in [0.2, 0.25) is 0 Å². The van der Waals surface area contributed by atoms with E-state index < -0.39 is 0 Å². The van der Waals surface area contributed by atoms with Gasteiger partial charge in [0, 0.05) is 19.2 Å². The van der Waals surface area contributed by atoms with Gasteiger partial charge in [-0.3, -0.25) is 9.69 Å². The van der Waals surface area contributed by atoms with Crippen LogP contribution in [0, 0.1) is 5.92 Å². The van der Waals surface area contributed by atoms with E-state index in [2.05, 4.69) is 9.97 Å². The van der Waals surface area contributed by atoms with E-state index in [9.17, 15) is 4.79 Å². The lowest BCUT2D eigenvalue weighted by Gasteiger charge is -2.13. The van der Waals surface area contributed by atoms with Crippen LogP contribution in [0.5, 0.6) is 0 Å². The van der Waals surface area contributed by atoms with Crippen LogP contribution in [-0.4, -0.2) is 29.0 Å². The van der Waals surface area contributed by atoms with Gasteiger partial charge in [0.1, 0.15) is 5.82 Å². The molecule has 0 spiro atoms. The molecule has 0 saturated carbocycles. The normalized spacial score (nSPS) is 21.0. The van der Waals surface area contributed by atoms with Gasteiger partial charge in [-0.25, -0.2) is 4.98 Å². The Balaban J connectivity index is 2.21. The van der Waals surface area contributed by atoms with Gasteiger partial charge < -0.3 is 11.5 Å². The Kier molecular flexibility index (Phi) is 2.51. The number of hydrogen-bond acceptors (Lipinski definition) is 5. The molecule has 15 heavy (non-hydrogen) atoms. The van der Waals surface area contributed by atoms with E-state index in [1.54, 1.807) is 12.3 Å². The molecule has 6 heteroatoms. The Morgan fingerprint density at radius 1 is 1.60 bits per heavy atom. The first-order valence-electron chi connectivity index (χ1n) is 4.79. The van der Waals surface area contributed by atoms with Crippen LogP contribution >= 0.6 is 0 Å². The molecule has 0 bridgehead atoms. The molecule has 1 unspecified atom stereocenters. The molecule has 1 aliphatic heterocycles. The van der Waals surface area contributed by atoms with E-state index >= 15 is 0 Å². The van der Waals surface area contributed by atoms with Gasteiger partial charge in [0.05, 0.1) is 0 Å². The highest BCUT2D eigenvalue weighted by Crippen LogP contribution is 2.21. The molecule has 2 heterocycles. The topological polar surface area (TPSA) is 98.1 Å². The number of nitrogens with two attached hydrogens (primary N) is 2. The van der Waals surface area contributed by atoms with Crippen molar-refractivity contribution < 1.29 is 4.79 Å². The minimum Gasteiger partial charge on any atom is -0.384 e. The monoisotopic (exact) mass is 207 g/mol. The van der Waals surface area contributed by atoms with Crippen molar-refractivity contribution in [3.8, 4) is 0 Å². The van der Waals surface area contributed by atoms with Gasteiger partial charge in [0.15, 0.2) is 0 Å². The molecule has 2 rings (SSSR count). The van der Waals surface area contributed by atoms with Crippen LogP contribution in [-0.2, 0) is 4.79 Å². The van der Waals surface area contributed by atoms with Crippen molar-refractivity contribution in [3.05, 3.63) is 12.3 Å². The summed E-state index contributed by atoms with van der Waals surface area (Å²) in [6.07, 6.45) is 2.01. The van der Waals surface area contributed by atoms with E-state index in [1.807, 2.05) is 0 Å². The third-order valence-electron chi connectivity index (χ3n) is 2.44. The van der Waals surface area contributed by atoms with E-state index in [-0.39, 0.29) is 11.8 Å². The van der Waals surface area contributed by atoms with Gasteiger partial charge >= 0.3 is 0 Å². The van der Waals surface area contributed by atoms with Crippen LogP contribution in [0.3, 0.4) is 0 Å². The Morgan fingerprint density at radius 2 is 2.40 bits per heavy atom. The standard InChI is InChI=1S/C9H13N5O/c10-4-6-3-8(15)14(5-6)9-12-2-1-7(11)13-9/h1-2,6H,3-5,10H2,(H2,11,12,13). The van der Waals surface area contributed by atoms with Crippen LogP contribution in [0.1, 0.15) is 6.42 Å². The molecule has 6 nitrogen and oxygen atoms in total. The van der Waals surface area contributed by atoms with E-state index in [1.165, 1.54) is 4.90 Å². The Morgan fingerprint density at radius 3 is 3.00 bits per heavy atom. The van der Waals surface area contributed by atoms with Crippen LogP contribution in [0.25, 0.3) is 0 Å². The molecule has 1 saturated heterocycles. The van der Waals surface area contributed by atoms with Crippen LogP contribution in [0.4, 0.5) is 11.8 Å². The summed E-state index contributed by atoms with van der Waals surface area (Å²) >= 11 is 0. The van der Waals surface area contributed by atoms with Gasteiger partial charge in [0.25, 0.3) is 0 Å². The molecule has 1 aromatic heterocycles. The SMILES string of the molecule is NCC1CC(=O)N(c2nccc(N)n2)C1.